The van der Waals surface area contributed by atoms with Gasteiger partial charge < -0.3 is 0 Å². The molecule has 3 N–H and O–H groups in total. The SMILES string of the molecule is Cc1c2ccccc2cc2cc[n+]3ccccc3c12.[O-][Cl+](O)(O)O. The van der Waals surface area contributed by atoms with Gasteiger partial charge in [0, 0.05) is 18.2 Å². The molecule has 4 rings (SSSR count). The van der Waals surface area contributed by atoms with Crippen molar-refractivity contribution in [3.8, 4) is 0 Å². The number of halogens is 1. The van der Waals surface area contributed by atoms with Crippen LogP contribution in [0.1, 0.15) is 5.56 Å². The van der Waals surface area contributed by atoms with E-state index in [2.05, 4.69) is 78.3 Å². The fourth-order valence-electron chi connectivity index (χ4n) is 2.99. The van der Waals surface area contributed by atoms with Crippen molar-refractivity contribution in [2.24, 2.45) is 0 Å². The number of pyridine rings is 2. The van der Waals surface area contributed by atoms with Gasteiger partial charge in [0.05, 0.1) is 5.39 Å². The average Bonchev–Trinajstić information content (AvgIpc) is 2.53. The fraction of sp³-hybridized carbons (Fsp3) is 0.0556. The summed E-state index contributed by atoms with van der Waals surface area (Å²) in [7, 11) is -4.19. The molecule has 0 aliphatic rings. The molecule has 0 unspecified atom stereocenters. The molecule has 124 valence electrons. The van der Waals surface area contributed by atoms with Crippen LogP contribution in [-0.2, 0) is 0 Å². The molecule has 0 atom stereocenters. The van der Waals surface area contributed by atoms with E-state index in [4.69, 9.17) is 18.6 Å². The summed E-state index contributed by atoms with van der Waals surface area (Å²) in [4.78, 5) is 0. The summed E-state index contributed by atoms with van der Waals surface area (Å²) in [5, 5.41) is 5.31. The average molecular weight is 347 g/mol. The van der Waals surface area contributed by atoms with Crippen molar-refractivity contribution in [3.63, 3.8) is 0 Å². The third-order valence-electron chi connectivity index (χ3n) is 3.90. The van der Waals surface area contributed by atoms with Gasteiger partial charge in [0.15, 0.2) is 12.4 Å². The van der Waals surface area contributed by atoms with Gasteiger partial charge in [-0.3, -0.25) is 0 Å². The van der Waals surface area contributed by atoms with Crippen LogP contribution in [-0.4, -0.2) is 14.0 Å². The van der Waals surface area contributed by atoms with Gasteiger partial charge in [-0.05, 0) is 40.8 Å². The van der Waals surface area contributed by atoms with Gasteiger partial charge >= 0.3 is 28.9 Å². The standard InChI is InChI=1S/C18H14N.ClH3O4/c1-13-16-7-3-2-6-14(16)12-15-9-11-19-10-5-4-8-17(19)18(13)15;2-1(3,4)5/h2-12H,1H3;2-4H/q+1;. The molecule has 0 fully saturated rings. The molecule has 0 saturated carbocycles. The van der Waals surface area contributed by atoms with Crippen molar-refractivity contribution >= 4 is 27.1 Å². The van der Waals surface area contributed by atoms with E-state index >= 15 is 0 Å². The first-order valence-electron chi connectivity index (χ1n) is 7.22. The van der Waals surface area contributed by atoms with Crippen LogP contribution in [0.15, 0.2) is 67.0 Å². The Labute approximate surface area is 140 Å². The number of fused-ring (bicyclic) bond motifs is 4. The molecular formula is C18H17ClNO4+. The van der Waals surface area contributed by atoms with Crippen LogP contribution < -0.4 is 9.06 Å². The van der Waals surface area contributed by atoms with Crippen LogP contribution in [0.4, 0.5) is 0 Å². The summed E-state index contributed by atoms with van der Waals surface area (Å²) in [5.41, 5.74) is 2.63. The van der Waals surface area contributed by atoms with E-state index in [0.717, 1.165) is 0 Å². The summed E-state index contributed by atoms with van der Waals surface area (Å²) < 4.78 is 32.4. The van der Waals surface area contributed by atoms with Crippen LogP contribution >= 0.6 is 0 Å². The van der Waals surface area contributed by atoms with Crippen LogP contribution in [0.3, 0.4) is 0 Å². The molecule has 0 bridgehead atoms. The maximum atomic E-state index is 8.83. The zero-order valence-corrected chi connectivity index (χ0v) is 13.7. The Morgan fingerprint density at radius 1 is 0.875 bits per heavy atom. The van der Waals surface area contributed by atoms with E-state index in [1.54, 1.807) is 0 Å². The number of hydrogen-bond donors (Lipinski definition) is 3. The van der Waals surface area contributed by atoms with Crippen molar-refractivity contribution in [1.82, 2.24) is 0 Å². The Kier molecular flexibility index (Phi) is 4.36. The summed E-state index contributed by atoms with van der Waals surface area (Å²) in [6, 6.07) is 19.4. The molecule has 5 nitrogen and oxygen atoms in total. The topological polar surface area (TPSA) is 87.9 Å². The predicted octanol–water partition coefficient (Wildman–Crippen LogP) is 1.18. The van der Waals surface area contributed by atoms with Gasteiger partial charge in [0.25, 0.3) is 0 Å². The summed E-state index contributed by atoms with van der Waals surface area (Å²) >= 11 is 0. The maximum absolute atomic E-state index is 8.83. The van der Waals surface area contributed by atoms with Crippen LogP contribution in [0.2, 0.25) is 0 Å². The minimum atomic E-state index is -4.19. The van der Waals surface area contributed by atoms with Gasteiger partial charge in [-0.1, -0.05) is 24.3 Å². The Hall–Kier alpha value is -2.28. The molecule has 24 heavy (non-hydrogen) atoms. The number of aryl methyl sites for hydroxylation is 1. The number of rotatable bonds is 0. The van der Waals surface area contributed by atoms with Crippen LogP contribution in [0.5, 0.6) is 0 Å². The number of benzene rings is 2. The van der Waals surface area contributed by atoms with Crippen LogP contribution in [0, 0.1) is 17.2 Å². The number of aromatic nitrogens is 1. The monoisotopic (exact) mass is 346 g/mol. The second-order valence-corrected chi connectivity index (χ2v) is 6.30. The Morgan fingerprint density at radius 2 is 1.54 bits per heavy atom. The molecule has 0 aliphatic heterocycles. The van der Waals surface area contributed by atoms with E-state index in [9.17, 15) is 0 Å². The molecule has 2 heterocycles. The predicted molar refractivity (Wildman–Crippen MR) is 86.0 cm³/mol. The summed E-state index contributed by atoms with van der Waals surface area (Å²) in [5.74, 6) is 0. The minimum absolute atomic E-state index is 1.27. The molecular weight excluding hydrogens is 330 g/mol. The van der Waals surface area contributed by atoms with Crippen molar-refractivity contribution in [2.45, 2.75) is 6.92 Å². The van der Waals surface area contributed by atoms with Gasteiger partial charge in [-0.2, -0.15) is 4.40 Å². The van der Waals surface area contributed by atoms with Crippen molar-refractivity contribution in [3.05, 3.63) is 72.6 Å². The molecule has 0 saturated heterocycles. The first kappa shape index (κ1) is 16.6. The van der Waals surface area contributed by atoms with Gasteiger partial charge in [-0.25, -0.2) is 0 Å². The Bertz CT molecular complexity index is 1020. The summed E-state index contributed by atoms with van der Waals surface area (Å²) in [6.45, 7) is 2.22. The third kappa shape index (κ3) is 3.46. The number of hydrogen-bond acceptors (Lipinski definition) is 4. The van der Waals surface area contributed by atoms with Gasteiger partial charge in [0.2, 0.25) is 5.52 Å². The van der Waals surface area contributed by atoms with E-state index in [-0.39, 0.29) is 0 Å². The Morgan fingerprint density at radius 3 is 2.29 bits per heavy atom. The van der Waals surface area contributed by atoms with Crippen molar-refractivity contribution in [2.75, 3.05) is 0 Å². The second kappa shape index (κ2) is 6.32. The molecule has 0 radical (unpaired) electrons. The van der Waals surface area contributed by atoms with E-state index in [1.165, 1.54) is 32.6 Å². The first-order chi connectivity index (χ1) is 11.3. The summed E-state index contributed by atoms with van der Waals surface area (Å²) in [6.07, 6.45) is 4.23. The normalized spacial score (nSPS) is 12.2. The molecule has 0 spiro atoms. The molecule has 6 heteroatoms. The second-order valence-electron chi connectivity index (χ2n) is 5.43. The van der Waals surface area contributed by atoms with Crippen molar-refractivity contribution < 1.29 is 33.3 Å². The molecule has 2 aromatic carbocycles. The molecule has 2 aromatic heterocycles. The fourth-order valence-corrected chi connectivity index (χ4v) is 2.99. The van der Waals surface area contributed by atoms with E-state index < -0.39 is 10.2 Å². The molecule has 0 amide bonds. The first-order valence-corrected chi connectivity index (χ1v) is 8.54. The molecule has 0 aliphatic carbocycles. The van der Waals surface area contributed by atoms with Gasteiger partial charge in [0.1, 0.15) is 0 Å². The van der Waals surface area contributed by atoms with Crippen molar-refractivity contribution in [1.29, 1.82) is 0 Å². The van der Waals surface area contributed by atoms with E-state index in [0.29, 0.717) is 0 Å². The quantitative estimate of drug-likeness (QED) is 0.253. The van der Waals surface area contributed by atoms with Crippen LogP contribution in [0.25, 0.3) is 27.1 Å². The third-order valence-corrected chi connectivity index (χ3v) is 3.90. The zero-order chi connectivity index (χ0) is 17.3. The van der Waals surface area contributed by atoms with Gasteiger partial charge in [-0.15, -0.1) is 0 Å². The zero-order valence-electron chi connectivity index (χ0n) is 12.9. The number of nitrogens with zero attached hydrogens (tertiary/aromatic N) is 1. The van der Waals surface area contributed by atoms with E-state index in [1.807, 2.05) is 0 Å². The molecule has 4 aromatic rings. The Balaban J connectivity index is 0.000000300.